The van der Waals surface area contributed by atoms with E-state index in [1.165, 1.54) is 12.0 Å². The second-order valence-corrected chi connectivity index (χ2v) is 7.95. The Morgan fingerprint density at radius 1 is 1.15 bits per heavy atom. The summed E-state index contributed by atoms with van der Waals surface area (Å²) in [4.78, 5) is 17.3. The van der Waals surface area contributed by atoms with Gasteiger partial charge in [0.25, 0.3) is 0 Å². The zero-order chi connectivity index (χ0) is 17.7. The van der Waals surface area contributed by atoms with Crippen LogP contribution < -0.4 is 4.90 Å². The minimum absolute atomic E-state index is 0.263. The molecule has 1 saturated carbocycles. The summed E-state index contributed by atoms with van der Waals surface area (Å²) in [6.45, 7) is 1.70. The fraction of sp³-hybridized carbons (Fsp3) is 0.476. The van der Waals surface area contributed by atoms with Crippen molar-refractivity contribution in [2.45, 2.75) is 43.6 Å². The SMILES string of the molecule is CN(C(=O)C1(c2ccccc2)CC1)C1CN(c2cc3c(nn2)CCC3)C1. The lowest BCUT2D eigenvalue weighted by molar-refractivity contribution is -0.135. The Bertz CT molecular complexity index is 840. The van der Waals surface area contributed by atoms with Crippen LogP contribution in [0.2, 0.25) is 0 Å². The van der Waals surface area contributed by atoms with Crippen molar-refractivity contribution in [3.05, 3.63) is 53.2 Å². The molecule has 5 heteroatoms. The number of carbonyl (C=O) groups excluding carboxylic acids is 1. The molecule has 134 valence electrons. The molecule has 2 heterocycles. The average Bonchev–Trinajstić information content (AvgIpc) is 3.32. The first-order chi connectivity index (χ1) is 12.7. The van der Waals surface area contributed by atoms with Gasteiger partial charge in [0.2, 0.25) is 5.91 Å². The monoisotopic (exact) mass is 348 g/mol. The van der Waals surface area contributed by atoms with Crippen LogP contribution in [0.5, 0.6) is 0 Å². The number of benzene rings is 1. The van der Waals surface area contributed by atoms with Crippen LogP contribution in [0.15, 0.2) is 36.4 Å². The average molecular weight is 348 g/mol. The molecule has 26 heavy (non-hydrogen) atoms. The molecule has 0 N–H and O–H groups in total. The largest absolute Gasteiger partial charge is 0.351 e. The maximum atomic E-state index is 13.1. The molecule has 1 saturated heterocycles. The van der Waals surface area contributed by atoms with E-state index in [1.807, 2.05) is 30.1 Å². The number of hydrogen-bond donors (Lipinski definition) is 0. The standard InChI is InChI=1S/C21H24N4O/c1-24(20(26)21(10-11-21)16-7-3-2-4-8-16)17-13-25(14-17)19-12-15-6-5-9-18(15)22-23-19/h2-4,7-8,12,17H,5-6,9-11,13-14H2,1H3. The molecule has 1 aromatic carbocycles. The molecule has 2 aliphatic carbocycles. The number of aromatic nitrogens is 2. The van der Waals surface area contributed by atoms with Crippen molar-refractivity contribution in [3.8, 4) is 0 Å². The van der Waals surface area contributed by atoms with Gasteiger partial charge in [0, 0.05) is 20.1 Å². The molecule has 5 rings (SSSR count). The highest BCUT2D eigenvalue weighted by Crippen LogP contribution is 2.49. The fourth-order valence-electron chi connectivity index (χ4n) is 4.37. The second kappa shape index (κ2) is 5.79. The smallest absolute Gasteiger partial charge is 0.233 e. The molecule has 0 unspecified atom stereocenters. The molecular weight excluding hydrogens is 324 g/mol. The number of anilines is 1. The summed E-state index contributed by atoms with van der Waals surface area (Å²) in [5.74, 6) is 1.24. The van der Waals surface area contributed by atoms with Gasteiger partial charge >= 0.3 is 0 Å². The number of aryl methyl sites for hydroxylation is 2. The fourth-order valence-corrected chi connectivity index (χ4v) is 4.37. The predicted octanol–water partition coefficient (Wildman–Crippen LogP) is 2.34. The second-order valence-electron chi connectivity index (χ2n) is 7.95. The zero-order valence-electron chi connectivity index (χ0n) is 15.2. The molecule has 1 aliphatic heterocycles. The summed E-state index contributed by atoms with van der Waals surface area (Å²) < 4.78 is 0. The van der Waals surface area contributed by atoms with Crippen LogP contribution in [-0.2, 0) is 23.1 Å². The molecule has 0 atom stereocenters. The highest BCUT2D eigenvalue weighted by molar-refractivity contribution is 5.91. The number of rotatable bonds is 4. The first kappa shape index (κ1) is 15.8. The molecule has 0 radical (unpaired) electrons. The van der Waals surface area contributed by atoms with Gasteiger partial charge in [-0.05, 0) is 49.3 Å². The highest BCUT2D eigenvalue weighted by atomic mass is 16.2. The van der Waals surface area contributed by atoms with Gasteiger partial charge < -0.3 is 9.80 Å². The van der Waals surface area contributed by atoms with Crippen LogP contribution in [0, 0.1) is 0 Å². The molecule has 2 fully saturated rings. The zero-order valence-corrected chi connectivity index (χ0v) is 15.2. The van der Waals surface area contributed by atoms with Crippen LogP contribution in [0.4, 0.5) is 5.82 Å². The summed E-state index contributed by atoms with van der Waals surface area (Å²) >= 11 is 0. The molecule has 0 spiro atoms. The summed E-state index contributed by atoms with van der Waals surface area (Å²) in [5.41, 5.74) is 3.40. The Morgan fingerprint density at radius 2 is 1.92 bits per heavy atom. The first-order valence-electron chi connectivity index (χ1n) is 9.61. The summed E-state index contributed by atoms with van der Waals surface area (Å²) in [5, 5.41) is 8.78. The van der Waals surface area contributed by atoms with E-state index in [4.69, 9.17) is 0 Å². The Morgan fingerprint density at radius 3 is 2.65 bits per heavy atom. The van der Waals surface area contributed by atoms with E-state index in [1.54, 1.807) is 0 Å². The summed E-state index contributed by atoms with van der Waals surface area (Å²) in [6, 6.07) is 12.7. The van der Waals surface area contributed by atoms with Crippen molar-refractivity contribution in [3.63, 3.8) is 0 Å². The van der Waals surface area contributed by atoms with Crippen LogP contribution in [0.25, 0.3) is 0 Å². The summed E-state index contributed by atoms with van der Waals surface area (Å²) in [6.07, 6.45) is 5.30. The van der Waals surface area contributed by atoms with E-state index >= 15 is 0 Å². The molecule has 5 nitrogen and oxygen atoms in total. The molecule has 1 aromatic heterocycles. The number of nitrogens with zero attached hydrogens (tertiary/aromatic N) is 4. The van der Waals surface area contributed by atoms with Crippen LogP contribution in [0.3, 0.4) is 0 Å². The molecule has 1 amide bonds. The van der Waals surface area contributed by atoms with Gasteiger partial charge in [0.1, 0.15) is 0 Å². The number of carbonyl (C=O) groups is 1. The van der Waals surface area contributed by atoms with E-state index in [2.05, 4.69) is 33.3 Å². The van der Waals surface area contributed by atoms with Gasteiger partial charge in [0.05, 0.1) is 17.2 Å². The van der Waals surface area contributed by atoms with E-state index < -0.39 is 0 Å². The van der Waals surface area contributed by atoms with Gasteiger partial charge in [0.15, 0.2) is 5.82 Å². The first-order valence-corrected chi connectivity index (χ1v) is 9.61. The number of hydrogen-bond acceptors (Lipinski definition) is 4. The van der Waals surface area contributed by atoms with Gasteiger partial charge in [-0.1, -0.05) is 30.3 Å². The third-order valence-electron chi connectivity index (χ3n) is 6.35. The van der Waals surface area contributed by atoms with Crippen LogP contribution in [-0.4, -0.2) is 47.2 Å². The van der Waals surface area contributed by atoms with Crippen molar-refractivity contribution >= 4 is 11.7 Å². The van der Waals surface area contributed by atoms with Crippen LogP contribution >= 0.6 is 0 Å². The Hall–Kier alpha value is -2.43. The molecule has 0 bridgehead atoms. The topological polar surface area (TPSA) is 49.3 Å². The Balaban J connectivity index is 1.26. The maximum Gasteiger partial charge on any atom is 0.233 e. The molecular formula is C21H24N4O. The Labute approximate surface area is 154 Å². The number of likely N-dealkylation sites (N-methyl/N-ethyl adjacent to an activating group) is 1. The summed E-state index contributed by atoms with van der Waals surface area (Å²) in [7, 11) is 1.96. The van der Waals surface area contributed by atoms with Gasteiger partial charge in [-0.3, -0.25) is 4.79 Å². The quantitative estimate of drug-likeness (QED) is 0.851. The number of amides is 1. The lowest BCUT2D eigenvalue weighted by atomic mass is 9.93. The van der Waals surface area contributed by atoms with Crippen molar-refractivity contribution in [2.24, 2.45) is 0 Å². The predicted molar refractivity (Wildman–Crippen MR) is 100 cm³/mol. The maximum absolute atomic E-state index is 13.1. The van der Waals surface area contributed by atoms with Crippen LogP contribution in [0.1, 0.15) is 36.1 Å². The van der Waals surface area contributed by atoms with Crippen molar-refractivity contribution in [1.29, 1.82) is 0 Å². The van der Waals surface area contributed by atoms with E-state index in [0.29, 0.717) is 0 Å². The van der Waals surface area contributed by atoms with Crippen molar-refractivity contribution < 1.29 is 4.79 Å². The minimum Gasteiger partial charge on any atom is -0.351 e. The Kier molecular flexibility index (Phi) is 3.52. The van der Waals surface area contributed by atoms with Crippen molar-refractivity contribution in [1.82, 2.24) is 15.1 Å². The van der Waals surface area contributed by atoms with E-state index in [0.717, 1.165) is 55.8 Å². The third kappa shape index (κ3) is 2.41. The third-order valence-corrected chi connectivity index (χ3v) is 6.35. The normalized spacial score (nSPS) is 20.4. The van der Waals surface area contributed by atoms with Gasteiger partial charge in [-0.15, -0.1) is 5.10 Å². The lowest BCUT2D eigenvalue weighted by Crippen LogP contribution is -2.61. The van der Waals surface area contributed by atoms with E-state index in [9.17, 15) is 4.79 Å². The van der Waals surface area contributed by atoms with Crippen molar-refractivity contribution in [2.75, 3.05) is 25.0 Å². The lowest BCUT2D eigenvalue weighted by Gasteiger charge is -2.45. The molecule has 3 aliphatic rings. The van der Waals surface area contributed by atoms with Gasteiger partial charge in [-0.2, -0.15) is 5.10 Å². The van der Waals surface area contributed by atoms with E-state index in [-0.39, 0.29) is 17.4 Å². The minimum atomic E-state index is -0.274. The highest BCUT2D eigenvalue weighted by Gasteiger charge is 2.53. The molecule has 2 aromatic rings. The van der Waals surface area contributed by atoms with Gasteiger partial charge in [-0.25, -0.2) is 0 Å². The number of fused-ring (bicyclic) bond motifs is 1.